The molecular formula is C22H25ClN6O3. The number of nitrogens with one attached hydrogen (secondary N) is 2. The number of hydrogen-bond donors (Lipinski definition) is 2. The second-order valence-corrected chi connectivity index (χ2v) is 7.66. The zero-order valence-electron chi connectivity index (χ0n) is 18.1. The molecule has 0 fully saturated rings. The van der Waals surface area contributed by atoms with Crippen molar-refractivity contribution in [2.75, 3.05) is 11.9 Å². The Kier molecular flexibility index (Phi) is 7.91. The van der Waals surface area contributed by atoms with Crippen LogP contribution in [0, 0.1) is 0 Å². The number of halogens is 1. The minimum atomic E-state index is -0.719. The van der Waals surface area contributed by atoms with Gasteiger partial charge in [-0.2, -0.15) is 0 Å². The lowest BCUT2D eigenvalue weighted by Gasteiger charge is -2.22. The summed E-state index contributed by atoms with van der Waals surface area (Å²) in [5, 5.41) is 17.4. The summed E-state index contributed by atoms with van der Waals surface area (Å²) >= 11 is 6.09. The summed E-state index contributed by atoms with van der Waals surface area (Å²) in [6, 6.07) is 14.0. The Labute approximate surface area is 191 Å². The van der Waals surface area contributed by atoms with Gasteiger partial charge in [0.25, 0.3) is 0 Å². The van der Waals surface area contributed by atoms with Crippen molar-refractivity contribution in [2.24, 2.45) is 7.05 Å². The largest absolute Gasteiger partial charge is 0.465 e. The number of tetrazole rings is 1. The Hall–Kier alpha value is -3.30. The minimum Gasteiger partial charge on any atom is -0.465 e. The smallest absolute Gasteiger partial charge is 0.322 e. The Morgan fingerprint density at radius 1 is 1.16 bits per heavy atom. The van der Waals surface area contributed by atoms with E-state index in [0.717, 1.165) is 16.7 Å². The van der Waals surface area contributed by atoms with Crippen LogP contribution in [0.1, 0.15) is 19.4 Å². The molecule has 10 heteroatoms. The molecule has 3 rings (SSSR count). The van der Waals surface area contributed by atoms with E-state index in [1.54, 1.807) is 20.9 Å². The number of aromatic nitrogens is 4. The van der Waals surface area contributed by atoms with Crippen molar-refractivity contribution in [2.45, 2.75) is 32.4 Å². The fraction of sp³-hybridized carbons (Fsp3) is 0.318. The van der Waals surface area contributed by atoms with Crippen LogP contribution >= 0.6 is 11.6 Å². The molecule has 0 aliphatic rings. The lowest BCUT2D eigenvalue weighted by molar-refractivity contribution is -0.145. The monoisotopic (exact) mass is 456 g/mol. The van der Waals surface area contributed by atoms with E-state index in [9.17, 15) is 9.59 Å². The van der Waals surface area contributed by atoms with Crippen molar-refractivity contribution in [1.82, 2.24) is 25.5 Å². The number of anilines is 1. The van der Waals surface area contributed by atoms with E-state index >= 15 is 0 Å². The number of hydrogen-bond acceptors (Lipinski definition) is 7. The zero-order chi connectivity index (χ0) is 23.1. The van der Waals surface area contributed by atoms with E-state index in [1.807, 2.05) is 48.5 Å². The van der Waals surface area contributed by atoms with Crippen molar-refractivity contribution < 1.29 is 14.3 Å². The summed E-state index contributed by atoms with van der Waals surface area (Å²) in [7, 11) is 1.62. The third kappa shape index (κ3) is 6.12. The molecule has 0 bridgehead atoms. The first-order valence-electron chi connectivity index (χ1n) is 10.2. The SMILES string of the molecule is CCOC(=O)[C@H](C)N[C@H](Cc1ccc(-c2cccc(Cl)c2)cc1)C(=O)Nc1nnnn1C. The molecule has 0 aliphatic carbocycles. The molecular weight excluding hydrogens is 432 g/mol. The predicted octanol–water partition coefficient (Wildman–Crippen LogP) is 2.62. The second kappa shape index (κ2) is 10.8. The lowest BCUT2D eigenvalue weighted by atomic mass is 10.00. The third-order valence-corrected chi connectivity index (χ3v) is 5.05. The van der Waals surface area contributed by atoms with Crippen LogP contribution in [-0.2, 0) is 27.8 Å². The quantitative estimate of drug-likeness (QED) is 0.476. The van der Waals surface area contributed by atoms with Gasteiger partial charge in [0.2, 0.25) is 11.9 Å². The second-order valence-electron chi connectivity index (χ2n) is 7.22. The highest BCUT2D eigenvalue weighted by Gasteiger charge is 2.26. The summed E-state index contributed by atoms with van der Waals surface area (Å²) in [6.07, 6.45) is 0.344. The van der Waals surface area contributed by atoms with Gasteiger partial charge in [-0.05, 0) is 59.5 Å². The van der Waals surface area contributed by atoms with E-state index in [4.69, 9.17) is 16.3 Å². The molecule has 3 aromatic rings. The third-order valence-electron chi connectivity index (χ3n) is 4.81. The molecule has 1 aromatic heterocycles. The predicted molar refractivity (Wildman–Crippen MR) is 121 cm³/mol. The molecule has 0 saturated carbocycles. The van der Waals surface area contributed by atoms with E-state index in [0.29, 0.717) is 11.4 Å². The first-order chi connectivity index (χ1) is 15.4. The Balaban J connectivity index is 1.77. The fourth-order valence-electron chi connectivity index (χ4n) is 3.13. The van der Waals surface area contributed by atoms with Crippen molar-refractivity contribution in [3.05, 3.63) is 59.1 Å². The molecule has 1 amide bonds. The summed E-state index contributed by atoms with van der Waals surface area (Å²) in [5.41, 5.74) is 2.92. The van der Waals surface area contributed by atoms with Crippen LogP contribution in [-0.4, -0.2) is 50.8 Å². The lowest BCUT2D eigenvalue weighted by Crippen LogP contribution is -2.49. The van der Waals surface area contributed by atoms with E-state index < -0.39 is 18.1 Å². The number of carbonyl (C=O) groups is 2. The molecule has 2 N–H and O–H groups in total. The minimum absolute atomic E-state index is 0.210. The van der Waals surface area contributed by atoms with E-state index in [1.165, 1.54) is 4.68 Å². The maximum atomic E-state index is 13.0. The number of amides is 1. The number of benzene rings is 2. The van der Waals surface area contributed by atoms with Crippen LogP contribution in [0.5, 0.6) is 0 Å². The maximum absolute atomic E-state index is 13.0. The number of ether oxygens (including phenoxy) is 1. The molecule has 0 spiro atoms. The molecule has 2 atom stereocenters. The van der Waals surface area contributed by atoms with Gasteiger partial charge >= 0.3 is 5.97 Å². The number of aryl methyl sites for hydroxylation is 1. The average molecular weight is 457 g/mol. The number of nitrogens with zero attached hydrogens (tertiary/aromatic N) is 4. The number of rotatable bonds is 9. The summed E-state index contributed by atoms with van der Waals surface area (Å²) < 4.78 is 6.40. The molecule has 168 valence electrons. The summed E-state index contributed by atoms with van der Waals surface area (Å²) in [4.78, 5) is 25.0. The van der Waals surface area contributed by atoms with Gasteiger partial charge in [-0.25, -0.2) is 4.68 Å². The fourth-order valence-corrected chi connectivity index (χ4v) is 3.32. The topological polar surface area (TPSA) is 111 Å². The van der Waals surface area contributed by atoms with Crippen molar-refractivity contribution in [3.63, 3.8) is 0 Å². The number of esters is 1. The molecule has 9 nitrogen and oxygen atoms in total. The standard InChI is InChI=1S/C22H25ClN6O3/c1-4-32-21(31)14(2)24-19(20(30)25-22-26-27-28-29(22)3)12-15-8-10-16(11-9-15)17-6-5-7-18(23)13-17/h5-11,13-14,19,24H,4,12H2,1-3H3,(H,25,26,28,30)/t14-,19+/m0/s1. The number of carbonyl (C=O) groups excluding carboxylic acids is 2. The Bertz CT molecular complexity index is 1070. The van der Waals surface area contributed by atoms with Gasteiger partial charge < -0.3 is 4.74 Å². The van der Waals surface area contributed by atoms with Crippen LogP contribution in [0.3, 0.4) is 0 Å². The van der Waals surface area contributed by atoms with Gasteiger partial charge in [0.1, 0.15) is 6.04 Å². The van der Waals surface area contributed by atoms with Gasteiger partial charge in [0.15, 0.2) is 0 Å². The van der Waals surface area contributed by atoms with Crippen LogP contribution in [0.25, 0.3) is 11.1 Å². The van der Waals surface area contributed by atoms with E-state index in [2.05, 4.69) is 26.2 Å². The first-order valence-corrected chi connectivity index (χ1v) is 10.6. The normalized spacial score (nSPS) is 12.8. The molecule has 0 saturated heterocycles. The molecule has 0 unspecified atom stereocenters. The van der Waals surface area contributed by atoms with Crippen molar-refractivity contribution in [3.8, 4) is 11.1 Å². The Morgan fingerprint density at radius 3 is 2.53 bits per heavy atom. The van der Waals surface area contributed by atoms with Crippen molar-refractivity contribution >= 4 is 29.4 Å². The molecule has 0 aliphatic heterocycles. The van der Waals surface area contributed by atoms with Crippen LogP contribution in [0.2, 0.25) is 5.02 Å². The molecule has 0 radical (unpaired) electrons. The van der Waals surface area contributed by atoms with Gasteiger partial charge in [0.05, 0.1) is 12.6 Å². The zero-order valence-corrected chi connectivity index (χ0v) is 18.8. The van der Waals surface area contributed by atoms with Crippen LogP contribution in [0.15, 0.2) is 48.5 Å². The van der Waals surface area contributed by atoms with Gasteiger partial charge in [-0.15, -0.1) is 0 Å². The molecule has 32 heavy (non-hydrogen) atoms. The van der Waals surface area contributed by atoms with E-state index in [-0.39, 0.29) is 18.5 Å². The summed E-state index contributed by atoms with van der Waals surface area (Å²) in [6.45, 7) is 3.65. The summed E-state index contributed by atoms with van der Waals surface area (Å²) in [5.74, 6) is -0.582. The highest BCUT2D eigenvalue weighted by Crippen LogP contribution is 2.23. The van der Waals surface area contributed by atoms with Gasteiger partial charge in [0, 0.05) is 12.1 Å². The van der Waals surface area contributed by atoms with Crippen LogP contribution < -0.4 is 10.6 Å². The van der Waals surface area contributed by atoms with Gasteiger partial charge in [-0.1, -0.05) is 53.1 Å². The van der Waals surface area contributed by atoms with Crippen LogP contribution in [0.4, 0.5) is 5.95 Å². The Morgan fingerprint density at radius 2 is 1.91 bits per heavy atom. The maximum Gasteiger partial charge on any atom is 0.322 e. The highest BCUT2D eigenvalue weighted by atomic mass is 35.5. The highest BCUT2D eigenvalue weighted by molar-refractivity contribution is 6.30. The van der Waals surface area contributed by atoms with Gasteiger partial charge in [-0.3, -0.25) is 20.2 Å². The average Bonchev–Trinajstić information content (AvgIpc) is 3.18. The molecule has 2 aromatic carbocycles. The molecule has 1 heterocycles. The first kappa shape index (κ1) is 23.4. The van der Waals surface area contributed by atoms with Crippen molar-refractivity contribution in [1.29, 1.82) is 0 Å².